The number of aliphatic hydroxyl groups is 3. The molecule has 0 bridgehead atoms. The normalized spacial score (nSPS) is 28.2. The van der Waals surface area contributed by atoms with E-state index in [1.807, 2.05) is 9.80 Å². The van der Waals surface area contributed by atoms with Gasteiger partial charge in [0.2, 0.25) is 17.6 Å². The summed E-state index contributed by atoms with van der Waals surface area (Å²) in [5.41, 5.74) is -0.132. The van der Waals surface area contributed by atoms with Gasteiger partial charge in [-0.25, -0.2) is 4.39 Å². The van der Waals surface area contributed by atoms with Gasteiger partial charge < -0.3 is 36.8 Å². The minimum atomic E-state index is -2.98. The number of hydrogen-bond acceptors (Lipinski definition) is 11. The van der Waals surface area contributed by atoms with Crippen LogP contribution in [-0.4, -0.2) is 110 Å². The van der Waals surface area contributed by atoms with Gasteiger partial charge in [-0.15, -0.1) is 0 Å². The Kier molecular flexibility index (Phi) is 8.11. The molecule has 15 heteroatoms. The Balaban J connectivity index is 1.37. The highest BCUT2D eigenvalue weighted by Gasteiger charge is 2.64. The van der Waals surface area contributed by atoms with E-state index in [1.165, 1.54) is 0 Å². The Labute approximate surface area is 262 Å². The first-order chi connectivity index (χ1) is 21.8. The number of fused-ring (bicyclic) bond motifs is 3. The van der Waals surface area contributed by atoms with Crippen molar-refractivity contribution in [3.8, 4) is 5.75 Å². The van der Waals surface area contributed by atoms with Crippen LogP contribution in [0.2, 0.25) is 0 Å². The third-order valence-electron chi connectivity index (χ3n) is 9.87. The third-order valence-corrected chi connectivity index (χ3v) is 9.87. The maximum absolute atomic E-state index is 15.6. The van der Waals surface area contributed by atoms with Crippen LogP contribution >= 0.6 is 0 Å². The van der Waals surface area contributed by atoms with Gasteiger partial charge in [0.15, 0.2) is 17.1 Å². The standard InChI is InChI=1S/C31H36FN5O9/c32-17-11-18(34-19(38)12-36-5-1-2-6-36)25(40)22-15(17)9-14-10-16-24(35-20(39)13-37-7-3-4-8-37)27(42)23(30(33)45)29(44)31(16,46)28(43)21(14)26(22)41/h11,14,16,24,40-41,44,46H,1-10,12-13H2,(H2,33,45)(H,34,38)(H,35,39)/t14-,16-,24-,31-/m0/s1. The van der Waals surface area contributed by atoms with Crippen molar-refractivity contribution in [2.24, 2.45) is 17.6 Å². The smallest absolute Gasteiger partial charge is 0.255 e. The number of benzene rings is 1. The van der Waals surface area contributed by atoms with Crippen LogP contribution in [0.15, 0.2) is 23.0 Å². The SMILES string of the molecule is NC(=O)C1=C(O)[C@@]2(O)C(=O)C3=C(O)c4c(O)c(NC(=O)CN5CCCC5)cc(F)c4C[C@H]3C[C@H]2[C@H](NC(=O)CN2CCCC2)C1=O. The molecule has 3 fully saturated rings. The van der Waals surface area contributed by atoms with Crippen molar-refractivity contribution >= 4 is 40.7 Å². The first kappa shape index (κ1) is 31.6. The zero-order chi connectivity index (χ0) is 33.1. The first-order valence-electron chi connectivity index (χ1n) is 15.4. The Morgan fingerprint density at radius 2 is 1.57 bits per heavy atom. The summed E-state index contributed by atoms with van der Waals surface area (Å²) in [6.07, 6.45) is 3.05. The lowest BCUT2D eigenvalue weighted by molar-refractivity contribution is -0.152. The lowest BCUT2D eigenvalue weighted by atomic mass is 9.57. The van der Waals surface area contributed by atoms with Gasteiger partial charge in [0.25, 0.3) is 5.91 Å². The molecule has 0 aromatic heterocycles. The Hall–Kier alpha value is -4.34. The van der Waals surface area contributed by atoms with Crippen LogP contribution in [0.5, 0.6) is 5.75 Å². The Morgan fingerprint density at radius 1 is 0.978 bits per heavy atom. The summed E-state index contributed by atoms with van der Waals surface area (Å²) in [6.45, 7) is 2.65. The quantitative estimate of drug-likeness (QED) is 0.152. The number of hydrogen-bond donors (Lipinski definition) is 7. The van der Waals surface area contributed by atoms with Gasteiger partial charge in [0, 0.05) is 23.1 Å². The molecule has 0 spiro atoms. The van der Waals surface area contributed by atoms with Crippen molar-refractivity contribution < 1.29 is 48.8 Å². The van der Waals surface area contributed by atoms with Crippen LogP contribution in [0, 0.1) is 17.7 Å². The molecule has 2 saturated heterocycles. The summed E-state index contributed by atoms with van der Waals surface area (Å²) in [5, 5.41) is 50.3. The van der Waals surface area contributed by atoms with Gasteiger partial charge in [0.05, 0.1) is 30.4 Å². The summed E-state index contributed by atoms with van der Waals surface area (Å²) in [4.78, 5) is 69.2. The Morgan fingerprint density at radius 3 is 2.15 bits per heavy atom. The monoisotopic (exact) mass is 641 g/mol. The molecule has 46 heavy (non-hydrogen) atoms. The summed E-state index contributed by atoms with van der Waals surface area (Å²) in [7, 11) is 0. The van der Waals surface area contributed by atoms with Gasteiger partial charge in [0.1, 0.15) is 22.9 Å². The molecule has 6 rings (SSSR count). The molecular formula is C31H36FN5O9. The molecule has 8 N–H and O–H groups in total. The molecule has 2 heterocycles. The van der Waals surface area contributed by atoms with E-state index in [9.17, 15) is 44.4 Å². The molecule has 0 unspecified atom stereocenters. The van der Waals surface area contributed by atoms with Crippen LogP contribution < -0.4 is 16.4 Å². The summed E-state index contributed by atoms with van der Waals surface area (Å²) >= 11 is 0. The average molecular weight is 642 g/mol. The molecule has 14 nitrogen and oxygen atoms in total. The second kappa shape index (κ2) is 11.8. The number of nitrogens with two attached hydrogens (primary N) is 1. The minimum Gasteiger partial charge on any atom is -0.508 e. The number of carbonyl (C=O) groups excluding carboxylic acids is 5. The minimum absolute atomic E-state index is 0.00244. The fourth-order valence-electron chi connectivity index (χ4n) is 7.66. The molecule has 1 saturated carbocycles. The van der Waals surface area contributed by atoms with E-state index in [2.05, 4.69) is 10.6 Å². The van der Waals surface area contributed by atoms with E-state index in [4.69, 9.17) is 5.73 Å². The van der Waals surface area contributed by atoms with Gasteiger partial charge in [-0.3, -0.25) is 33.8 Å². The number of phenols is 1. The summed E-state index contributed by atoms with van der Waals surface area (Å²) in [6, 6.07) is -0.742. The number of ketones is 2. The molecule has 4 atom stereocenters. The molecule has 5 aliphatic rings. The van der Waals surface area contributed by atoms with Crippen molar-refractivity contribution in [1.29, 1.82) is 0 Å². The number of nitrogens with zero attached hydrogens (tertiary/aromatic N) is 2. The number of carbonyl (C=O) groups is 5. The Bertz CT molecular complexity index is 1610. The largest absolute Gasteiger partial charge is 0.508 e. The van der Waals surface area contributed by atoms with Gasteiger partial charge in [-0.05, 0) is 70.6 Å². The highest BCUT2D eigenvalue weighted by molar-refractivity contribution is 6.25. The van der Waals surface area contributed by atoms with Crippen molar-refractivity contribution in [3.63, 3.8) is 0 Å². The fraction of sp³-hybridized carbons (Fsp3) is 0.516. The molecule has 3 amide bonds. The maximum Gasteiger partial charge on any atom is 0.255 e. The average Bonchev–Trinajstić information content (AvgIpc) is 3.70. The number of Topliss-reactive ketones (excluding diaryl/α,β-unsaturated/α-hetero) is 2. The molecule has 2 aliphatic heterocycles. The van der Waals surface area contributed by atoms with Crippen LogP contribution in [0.3, 0.4) is 0 Å². The number of halogens is 1. The van der Waals surface area contributed by atoms with Gasteiger partial charge in [-0.1, -0.05) is 0 Å². The van der Waals surface area contributed by atoms with Gasteiger partial charge in [-0.2, -0.15) is 0 Å². The highest BCUT2D eigenvalue weighted by Crippen LogP contribution is 2.53. The number of nitrogens with one attached hydrogen (secondary N) is 2. The van der Waals surface area contributed by atoms with E-state index in [0.29, 0.717) is 26.2 Å². The second-order valence-electron chi connectivity index (χ2n) is 12.7. The molecule has 0 radical (unpaired) electrons. The number of aliphatic hydroxyl groups excluding tert-OH is 2. The van der Waals surface area contributed by atoms with Crippen LogP contribution in [-0.2, 0) is 30.4 Å². The van der Waals surface area contributed by atoms with Crippen molar-refractivity contribution in [2.75, 3.05) is 44.6 Å². The number of anilines is 1. The zero-order valence-corrected chi connectivity index (χ0v) is 25.0. The van der Waals surface area contributed by atoms with Crippen molar-refractivity contribution in [1.82, 2.24) is 15.1 Å². The number of likely N-dealkylation sites (tertiary alicyclic amines) is 2. The predicted octanol–water partition coefficient (Wildman–Crippen LogP) is -0.212. The lowest BCUT2D eigenvalue weighted by Gasteiger charge is -2.49. The number of primary amides is 1. The first-order valence-corrected chi connectivity index (χ1v) is 15.4. The van der Waals surface area contributed by atoms with E-state index in [1.54, 1.807) is 0 Å². The third kappa shape index (κ3) is 5.11. The van der Waals surface area contributed by atoms with Crippen molar-refractivity contribution in [2.45, 2.75) is 50.2 Å². The lowest BCUT2D eigenvalue weighted by Crippen LogP contribution is -2.67. The molecule has 1 aromatic rings. The van der Waals surface area contributed by atoms with E-state index in [0.717, 1.165) is 31.7 Å². The highest BCUT2D eigenvalue weighted by atomic mass is 19.1. The molecule has 3 aliphatic carbocycles. The van der Waals surface area contributed by atoms with E-state index < -0.39 is 92.6 Å². The topological polar surface area (TPSA) is 223 Å². The predicted molar refractivity (Wildman–Crippen MR) is 159 cm³/mol. The maximum atomic E-state index is 15.6. The van der Waals surface area contributed by atoms with Crippen molar-refractivity contribution in [3.05, 3.63) is 39.9 Å². The van der Waals surface area contributed by atoms with Gasteiger partial charge >= 0.3 is 0 Å². The summed E-state index contributed by atoms with van der Waals surface area (Å²) < 4.78 is 15.6. The number of aromatic hydroxyl groups is 1. The number of rotatable bonds is 7. The van der Waals surface area contributed by atoms with Crippen LogP contribution in [0.4, 0.5) is 10.1 Å². The molecule has 246 valence electrons. The van der Waals surface area contributed by atoms with E-state index in [-0.39, 0.29) is 37.2 Å². The number of phenolic OH excluding ortho intramolecular Hbond substituents is 1. The van der Waals surface area contributed by atoms with E-state index >= 15 is 4.39 Å². The van der Waals surface area contributed by atoms with Crippen LogP contribution in [0.1, 0.15) is 43.2 Å². The second-order valence-corrected chi connectivity index (χ2v) is 12.7. The zero-order valence-electron chi connectivity index (χ0n) is 25.0. The number of amides is 3. The fourth-order valence-corrected chi connectivity index (χ4v) is 7.66. The molecule has 1 aromatic carbocycles. The molecular weight excluding hydrogens is 605 g/mol. The summed E-state index contributed by atoms with van der Waals surface area (Å²) in [5.74, 6) is -11.3. The van der Waals surface area contributed by atoms with Crippen LogP contribution in [0.25, 0.3) is 5.76 Å².